The van der Waals surface area contributed by atoms with E-state index in [1.807, 2.05) is 42.2 Å². The summed E-state index contributed by atoms with van der Waals surface area (Å²) < 4.78 is 6.81. The molecule has 1 aromatic carbocycles. The summed E-state index contributed by atoms with van der Waals surface area (Å²) in [4.78, 5) is 14.4. The molecule has 1 unspecified atom stereocenters. The van der Waals surface area contributed by atoms with Gasteiger partial charge in [0.15, 0.2) is 4.34 Å². The minimum atomic E-state index is -0.130. The number of nitrogens with zero attached hydrogens (tertiary/aromatic N) is 3. The molecule has 1 fully saturated rings. The standard InChI is InChI=1S/C16H19N3O2S2/c1-12(23-16-18-17-11-22-16)15(20)19-9-7-14(8-10-19)21-13-5-3-2-4-6-13/h2-6,11-12,14H,7-10H2,1H3. The number of para-hydroxylation sites is 1. The molecule has 23 heavy (non-hydrogen) atoms. The SMILES string of the molecule is CC(Sc1nncs1)C(=O)N1CCC(Oc2ccccc2)CC1. The van der Waals surface area contributed by atoms with Crippen molar-refractivity contribution in [3.63, 3.8) is 0 Å². The monoisotopic (exact) mass is 349 g/mol. The maximum absolute atomic E-state index is 12.5. The van der Waals surface area contributed by atoms with Gasteiger partial charge in [-0.15, -0.1) is 10.2 Å². The summed E-state index contributed by atoms with van der Waals surface area (Å²) in [5.74, 6) is 1.07. The first-order valence-corrected chi connectivity index (χ1v) is 9.41. The van der Waals surface area contributed by atoms with Crippen molar-refractivity contribution in [3.05, 3.63) is 35.8 Å². The van der Waals surface area contributed by atoms with Gasteiger partial charge in [0, 0.05) is 25.9 Å². The molecule has 7 heteroatoms. The number of likely N-dealkylation sites (tertiary alicyclic amines) is 1. The second-order valence-electron chi connectivity index (χ2n) is 5.42. The Bertz CT molecular complexity index is 614. The molecule has 3 rings (SSSR count). The van der Waals surface area contributed by atoms with Gasteiger partial charge in [-0.1, -0.05) is 41.3 Å². The van der Waals surface area contributed by atoms with Crippen LogP contribution in [0, 0.1) is 0 Å². The third kappa shape index (κ3) is 4.45. The van der Waals surface area contributed by atoms with Gasteiger partial charge in [0.1, 0.15) is 17.4 Å². The van der Waals surface area contributed by atoms with E-state index in [4.69, 9.17) is 4.74 Å². The first-order chi connectivity index (χ1) is 11.2. The number of carbonyl (C=O) groups is 1. The molecule has 5 nitrogen and oxygen atoms in total. The first-order valence-electron chi connectivity index (χ1n) is 7.65. The van der Waals surface area contributed by atoms with Crippen molar-refractivity contribution in [2.45, 2.75) is 35.5 Å². The van der Waals surface area contributed by atoms with Crippen molar-refractivity contribution in [2.75, 3.05) is 13.1 Å². The molecule has 1 amide bonds. The highest BCUT2D eigenvalue weighted by atomic mass is 32.2. The van der Waals surface area contributed by atoms with Gasteiger partial charge in [-0.05, 0) is 19.1 Å². The van der Waals surface area contributed by atoms with E-state index in [-0.39, 0.29) is 17.3 Å². The summed E-state index contributed by atoms with van der Waals surface area (Å²) >= 11 is 2.94. The predicted octanol–water partition coefficient (Wildman–Crippen LogP) is 3.09. The average Bonchev–Trinajstić information content (AvgIpc) is 3.09. The van der Waals surface area contributed by atoms with E-state index in [0.29, 0.717) is 0 Å². The van der Waals surface area contributed by atoms with Crippen molar-refractivity contribution in [1.29, 1.82) is 0 Å². The van der Waals surface area contributed by atoms with Crippen LogP contribution in [0.5, 0.6) is 5.75 Å². The number of rotatable bonds is 5. The van der Waals surface area contributed by atoms with E-state index >= 15 is 0 Å². The van der Waals surface area contributed by atoms with E-state index in [2.05, 4.69) is 10.2 Å². The lowest BCUT2D eigenvalue weighted by molar-refractivity contribution is -0.132. The van der Waals surface area contributed by atoms with Crippen molar-refractivity contribution >= 4 is 29.0 Å². The third-order valence-corrected chi connectivity index (χ3v) is 5.66. The van der Waals surface area contributed by atoms with E-state index < -0.39 is 0 Å². The van der Waals surface area contributed by atoms with Gasteiger partial charge in [0.25, 0.3) is 0 Å². The van der Waals surface area contributed by atoms with Crippen LogP contribution < -0.4 is 4.74 Å². The van der Waals surface area contributed by atoms with E-state index in [9.17, 15) is 4.79 Å². The van der Waals surface area contributed by atoms with Gasteiger partial charge >= 0.3 is 0 Å². The van der Waals surface area contributed by atoms with Crippen LogP contribution in [0.4, 0.5) is 0 Å². The quantitative estimate of drug-likeness (QED) is 0.777. The summed E-state index contributed by atoms with van der Waals surface area (Å²) in [6.45, 7) is 3.43. The Kier molecular flexibility index (Phi) is 5.51. The zero-order chi connectivity index (χ0) is 16.1. The summed E-state index contributed by atoms with van der Waals surface area (Å²) in [5.41, 5.74) is 1.69. The molecule has 0 bridgehead atoms. The Balaban J connectivity index is 1.47. The Hall–Kier alpha value is -1.60. The van der Waals surface area contributed by atoms with Crippen LogP contribution in [0.3, 0.4) is 0 Å². The van der Waals surface area contributed by atoms with Crippen LogP contribution in [0.1, 0.15) is 19.8 Å². The number of ether oxygens (including phenoxy) is 1. The lowest BCUT2D eigenvalue weighted by Gasteiger charge is -2.33. The van der Waals surface area contributed by atoms with Gasteiger partial charge in [-0.3, -0.25) is 4.79 Å². The molecule has 0 aliphatic carbocycles. The molecule has 0 N–H and O–H groups in total. The van der Waals surface area contributed by atoms with Crippen LogP contribution in [0.25, 0.3) is 0 Å². The Morgan fingerprint density at radius 3 is 2.74 bits per heavy atom. The average molecular weight is 349 g/mol. The smallest absolute Gasteiger partial charge is 0.235 e. The molecule has 1 aliphatic rings. The number of thioether (sulfide) groups is 1. The molecule has 0 spiro atoms. The molecular formula is C16H19N3O2S2. The number of hydrogen-bond acceptors (Lipinski definition) is 6. The van der Waals surface area contributed by atoms with Gasteiger partial charge in [-0.25, -0.2) is 0 Å². The zero-order valence-corrected chi connectivity index (χ0v) is 14.6. The van der Waals surface area contributed by atoms with Crippen molar-refractivity contribution in [3.8, 4) is 5.75 Å². The minimum absolute atomic E-state index is 0.130. The third-order valence-electron chi connectivity index (χ3n) is 3.77. The lowest BCUT2D eigenvalue weighted by Crippen LogP contribution is -2.44. The zero-order valence-electron chi connectivity index (χ0n) is 12.9. The maximum atomic E-state index is 12.5. The Morgan fingerprint density at radius 1 is 1.35 bits per heavy atom. The molecule has 0 saturated carbocycles. The van der Waals surface area contributed by atoms with Crippen molar-refractivity contribution in [2.24, 2.45) is 0 Å². The summed E-state index contributed by atoms with van der Waals surface area (Å²) in [6, 6.07) is 9.86. The summed E-state index contributed by atoms with van der Waals surface area (Å²) in [6.07, 6.45) is 1.93. The van der Waals surface area contributed by atoms with E-state index in [1.54, 1.807) is 5.51 Å². The number of piperidine rings is 1. The van der Waals surface area contributed by atoms with Crippen LogP contribution in [-0.2, 0) is 4.79 Å². The highest BCUT2D eigenvalue weighted by molar-refractivity contribution is 8.02. The van der Waals surface area contributed by atoms with Crippen LogP contribution in [0.15, 0.2) is 40.2 Å². The lowest BCUT2D eigenvalue weighted by atomic mass is 10.1. The molecular weight excluding hydrogens is 330 g/mol. The normalized spacial score (nSPS) is 17.0. The molecule has 2 aromatic rings. The van der Waals surface area contributed by atoms with Gasteiger partial charge in [0.05, 0.1) is 5.25 Å². The molecule has 2 heterocycles. The van der Waals surface area contributed by atoms with E-state index in [1.165, 1.54) is 23.1 Å². The van der Waals surface area contributed by atoms with Gasteiger partial charge in [0.2, 0.25) is 5.91 Å². The number of amides is 1. The fourth-order valence-electron chi connectivity index (χ4n) is 2.56. The molecule has 1 aliphatic heterocycles. The van der Waals surface area contributed by atoms with Crippen LogP contribution >= 0.6 is 23.1 Å². The van der Waals surface area contributed by atoms with Crippen molar-refractivity contribution < 1.29 is 9.53 Å². The molecule has 1 atom stereocenters. The number of carbonyl (C=O) groups excluding carboxylic acids is 1. The van der Waals surface area contributed by atoms with E-state index in [0.717, 1.165) is 36.0 Å². The summed E-state index contributed by atoms with van der Waals surface area (Å²) in [5, 5.41) is 7.66. The predicted molar refractivity (Wildman–Crippen MR) is 91.9 cm³/mol. The molecule has 122 valence electrons. The fourth-order valence-corrected chi connectivity index (χ4v) is 4.27. The van der Waals surface area contributed by atoms with Crippen molar-refractivity contribution in [1.82, 2.24) is 15.1 Å². The Labute approximate surface area is 144 Å². The van der Waals surface area contributed by atoms with Crippen LogP contribution in [0.2, 0.25) is 0 Å². The highest BCUT2D eigenvalue weighted by Crippen LogP contribution is 2.26. The second kappa shape index (κ2) is 7.79. The fraction of sp³-hybridized carbons (Fsp3) is 0.438. The number of hydrogen-bond donors (Lipinski definition) is 0. The Morgan fingerprint density at radius 2 is 2.09 bits per heavy atom. The highest BCUT2D eigenvalue weighted by Gasteiger charge is 2.27. The number of benzene rings is 1. The minimum Gasteiger partial charge on any atom is -0.490 e. The first kappa shape index (κ1) is 16.3. The second-order valence-corrected chi connectivity index (χ2v) is 7.84. The van der Waals surface area contributed by atoms with Crippen LogP contribution in [-0.4, -0.2) is 45.4 Å². The van der Waals surface area contributed by atoms with Gasteiger partial charge in [-0.2, -0.15) is 0 Å². The topological polar surface area (TPSA) is 55.3 Å². The molecule has 1 saturated heterocycles. The largest absolute Gasteiger partial charge is 0.490 e. The van der Waals surface area contributed by atoms with Gasteiger partial charge < -0.3 is 9.64 Å². The maximum Gasteiger partial charge on any atom is 0.235 e. The molecule has 1 aromatic heterocycles. The number of aromatic nitrogens is 2. The summed E-state index contributed by atoms with van der Waals surface area (Å²) in [7, 11) is 0. The molecule has 0 radical (unpaired) electrons.